The molecule has 102 valence electrons. The molecule has 1 aliphatic rings. The van der Waals surface area contributed by atoms with Gasteiger partial charge in [0.25, 0.3) is 0 Å². The Morgan fingerprint density at radius 3 is 2.79 bits per heavy atom. The number of rotatable bonds is 5. The fourth-order valence-electron chi connectivity index (χ4n) is 2.58. The van der Waals surface area contributed by atoms with E-state index in [0.29, 0.717) is 12.3 Å². The first kappa shape index (κ1) is 13.7. The summed E-state index contributed by atoms with van der Waals surface area (Å²) in [6.07, 6.45) is 9.22. The van der Waals surface area contributed by atoms with Gasteiger partial charge in [-0.15, -0.1) is 0 Å². The maximum absolute atomic E-state index is 11.9. The van der Waals surface area contributed by atoms with Crippen molar-refractivity contribution in [1.82, 2.24) is 4.98 Å². The largest absolute Gasteiger partial charge is 0.461 e. The zero-order valence-electron chi connectivity index (χ0n) is 11.9. The summed E-state index contributed by atoms with van der Waals surface area (Å²) in [4.78, 5) is 15.2. The van der Waals surface area contributed by atoms with E-state index in [1.54, 1.807) is 0 Å². The molecule has 1 aromatic heterocycles. The number of aromatic nitrogens is 1. The lowest BCUT2D eigenvalue weighted by atomic mass is 10.0. The fourth-order valence-corrected chi connectivity index (χ4v) is 2.58. The first-order valence-corrected chi connectivity index (χ1v) is 6.89. The third-order valence-corrected chi connectivity index (χ3v) is 3.55. The third kappa shape index (κ3) is 2.80. The van der Waals surface area contributed by atoms with Crippen LogP contribution in [0.15, 0.2) is 23.8 Å². The van der Waals surface area contributed by atoms with Gasteiger partial charge in [-0.3, -0.25) is 0 Å². The van der Waals surface area contributed by atoms with Crippen LogP contribution >= 0.6 is 0 Å². The number of hydrogen-bond donors (Lipinski definition) is 1. The van der Waals surface area contributed by atoms with Crippen molar-refractivity contribution in [3.05, 3.63) is 46.3 Å². The first-order chi connectivity index (χ1) is 9.17. The number of hydrogen-bond acceptors (Lipinski definition) is 2. The second kappa shape index (κ2) is 5.91. The van der Waals surface area contributed by atoms with Crippen LogP contribution in [0.25, 0.3) is 0 Å². The molecule has 1 heterocycles. The van der Waals surface area contributed by atoms with Crippen molar-refractivity contribution in [3.63, 3.8) is 0 Å². The van der Waals surface area contributed by atoms with E-state index in [0.717, 1.165) is 30.5 Å². The molecule has 2 rings (SSSR count). The van der Waals surface area contributed by atoms with E-state index in [9.17, 15) is 4.79 Å². The van der Waals surface area contributed by atoms with Gasteiger partial charge in [0.1, 0.15) is 5.69 Å². The summed E-state index contributed by atoms with van der Waals surface area (Å²) in [7, 11) is 0. The minimum atomic E-state index is -0.250. The smallest absolute Gasteiger partial charge is 0.355 e. The van der Waals surface area contributed by atoms with Crippen LogP contribution in [0.3, 0.4) is 0 Å². The molecule has 19 heavy (non-hydrogen) atoms. The van der Waals surface area contributed by atoms with Gasteiger partial charge in [-0.2, -0.15) is 0 Å². The summed E-state index contributed by atoms with van der Waals surface area (Å²) in [6.45, 7) is 6.35. The van der Waals surface area contributed by atoms with Gasteiger partial charge >= 0.3 is 5.97 Å². The van der Waals surface area contributed by atoms with Crippen molar-refractivity contribution in [2.45, 2.75) is 40.0 Å². The van der Waals surface area contributed by atoms with Crippen molar-refractivity contribution in [2.24, 2.45) is 0 Å². The molecule has 0 bridgehead atoms. The highest BCUT2D eigenvalue weighted by atomic mass is 16.5. The molecule has 1 aliphatic carbocycles. The maximum Gasteiger partial charge on any atom is 0.355 e. The molecule has 0 fully saturated rings. The number of esters is 1. The SMILES string of the molecule is CCOC(=O)c1[nH]c(CC2=CC=CC2)c(CC)c1C. The number of carbonyl (C=O) groups excluding carboxylic acids is 1. The predicted octanol–water partition coefficient (Wildman–Crippen LogP) is 3.49. The Morgan fingerprint density at radius 2 is 2.21 bits per heavy atom. The van der Waals surface area contributed by atoms with Crippen LogP contribution < -0.4 is 0 Å². The molecule has 0 aromatic carbocycles. The number of ether oxygens (including phenoxy) is 1. The van der Waals surface area contributed by atoms with E-state index in [4.69, 9.17) is 4.74 Å². The number of aromatic amines is 1. The lowest BCUT2D eigenvalue weighted by Gasteiger charge is -2.03. The molecule has 0 atom stereocenters. The maximum atomic E-state index is 11.9. The summed E-state index contributed by atoms with van der Waals surface area (Å²) in [5, 5.41) is 0. The van der Waals surface area contributed by atoms with Crippen molar-refractivity contribution in [3.8, 4) is 0 Å². The van der Waals surface area contributed by atoms with E-state index in [2.05, 4.69) is 30.1 Å². The van der Waals surface area contributed by atoms with Crippen LogP contribution in [-0.2, 0) is 17.6 Å². The number of allylic oxidation sites excluding steroid dienone is 4. The average molecular weight is 259 g/mol. The Labute approximate surface area is 114 Å². The quantitative estimate of drug-likeness (QED) is 0.822. The highest BCUT2D eigenvalue weighted by Crippen LogP contribution is 2.24. The van der Waals surface area contributed by atoms with Crippen molar-refractivity contribution < 1.29 is 9.53 Å². The monoisotopic (exact) mass is 259 g/mol. The Hall–Kier alpha value is -1.77. The van der Waals surface area contributed by atoms with Gasteiger partial charge in [0.15, 0.2) is 0 Å². The fraction of sp³-hybridized carbons (Fsp3) is 0.438. The lowest BCUT2D eigenvalue weighted by molar-refractivity contribution is 0.0519. The second-order valence-corrected chi connectivity index (χ2v) is 4.79. The Balaban J connectivity index is 2.27. The second-order valence-electron chi connectivity index (χ2n) is 4.79. The molecule has 0 aliphatic heterocycles. The van der Waals surface area contributed by atoms with Gasteiger partial charge < -0.3 is 9.72 Å². The van der Waals surface area contributed by atoms with E-state index in [1.165, 1.54) is 11.1 Å². The van der Waals surface area contributed by atoms with Crippen molar-refractivity contribution >= 4 is 5.97 Å². The van der Waals surface area contributed by atoms with Crippen LogP contribution in [0, 0.1) is 6.92 Å². The van der Waals surface area contributed by atoms with E-state index >= 15 is 0 Å². The summed E-state index contributed by atoms with van der Waals surface area (Å²) >= 11 is 0. The van der Waals surface area contributed by atoms with Gasteiger partial charge in [0, 0.05) is 12.1 Å². The highest BCUT2D eigenvalue weighted by Gasteiger charge is 2.19. The molecule has 1 N–H and O–H groups in total. The molecule has 0 saturated heterocycles. The first-order valence-electron chi connectivity index (χ1n) is 6.89. The average Bonchev–Trinajstić information content (AvgIpc) is 2.98. The minimum Gasteiger partial charge on any atom is -0.461 e. The van der Waals surface area contributed by atoms with E-state index < -0.39 is 0 Å². The van der Waals surface area contributed by atoms with Crippen molar-refractivity contribution in [2.75, 3.05) is 6.61 Å². The van der Waals surface area contributed by atoms with Crippen molar-refractivity contribution in [1.29, 1.82) is 0 Å². The lowest BCUT2D eigenvalue weighted by Crippen LogP contribution is -2.06. The molecule has 0 amide bonds. The van der Waals surface area contributed by atoms with Crippen LogP contribution in [0.5, 0.6) is 0 Å². The number of H-pyrrole nitrogens is 1. The standard InChI is InChI=1S/C16H21NO2/c1-4-13-11(3)15(16(18)19-5-2)17-14(13)10-12-8-6-7-9-12/h6-8,17H,4-5,9-10H2,1-3H3. The predicted molar refractivity (Wildman–Crippen MR) is 76.4 cm³/mol. The summed E-state index contributed by atoms with van der Waals surface area (Å²) in [5.41, 5.74) is 5.42. The van der Waals surface area contributed by atoms with Gasteiger partial charge in [-0.1, -0.05) is 30.7 Å². The Bertz CT molecular complexity index is 535. The third-order valence-electron chi connectivity index (χ3n) is 3.55. The molecular formula is C16H21NO2. The van der Waals surface area contributed by atoms with Crippen LogP contribution in [0.2, 0.25) is 0 Å². The molecule has 3 nitrogen and oxygen atoms in total. The molecule has 1 aromatic rings. The molecule has 0 saturated carbocycles. The van der Waals surface area contributed by atoms with Gasteiger partial charge in [-0.25, -0.2) is 4.79 Å². The summed E-state index contributed by atoms with van der Waals surface area (Å²) in [5.74, 6) is -0.250. The number of nitrogens with one attached hydrogen (secondary N) is 1. The molecule has 0 spiro atoms. The van der Waals surface area contributed by atoms with E-state index in [1.807, 2.05) is 13.8 Å². The minimum absolute atomic E-state index is 0.250. The van der Waals surface area contributed by atoms with Gasteiger partial charge in [0.2, 0.25) is 0 Å². The van der Waals surface area contributed by atoms with Crippen LogP contribution in [0.1, 0.15) is 47.6 Å². The topological polar surface area (TPSA) is 42.1 Å². The molecule has 0 radical (unpaired) electrons. The zero-order valence-corrected chi connectivity index (χ0v) is 11.9. The number of carbonyl (C=O) groups is 1. The zero-order chi connectivity index (χ0) is 13.8. The van der Waals surface area contributed by atoms with Gasteiger partial charge in [-0.05, 0) is 37.8 Å². The molecule has 3 heteroatoms. The van der Waals surface area contributed by atoms with Crippen LogP contribution in [-0.4, -0.2) is 17.6 Å². The molecule has 0 unspecified atom stereocenters. The summed E-state index contributed by atoms with van der Waals surface area (Å²) < 4.78 is 5.09. The molecular weight excluding hydrogens is 238 g/mol. The van der Waals surface area contributed by atoms with Gasteiger partial charge in [0.05, 0.1) is 6.61 Å². The van der Waals surface area contributed by atoms with E-state index in [-0.39, 0.29) is 5.97 Å². The normalized spacial score (nSPS) is 13.7. The Kier molecular flexibility index (Phi) is 4.25. The highest BCUT2D eigenvalue weighted by molar-refractivity contribution is 5.89. The summed E-state index contributed by atoms with van der Waals surface area (Å²) in [6, 6.07) is 0. The van der Waals surface area contributed by atoms with Crippen LogP contribution in [0.4, 0.5) is 0 Å². The Morgan fingerprint density at radius 1 is 1.42 bits per heavy atom.